The predicted octanol–water partition coefficient (Wildman–Crippen LogP) is 3.91. The summed E-state index contributed by atoms with van der Waals surface area (Å²) in [6.45, 7) is 0.587. The van der Waals surface area contributed by atoms with E-state index in [4.69, 9.17) is 4.74 Å². The second-order valence-corrected chi connectivity index (χ2v) is 8.84. The van der Waals surface area contributed by atoms with E-state index < -0.39 is 18.1 Å². The van der Waals surface area contributed by atoms with Crippen LogP contribution in [0.2, 0.25) is 0 Å². The number of fused-ring (bicyclic) bond motifs is 3. The summed E-state index contributed by atoms with van der Waals surface area (Å²) in [6.07, 6.45) is -2.07. The zero-order valence-corrected chi connectivity index (χ0v) is 20.0. The summed E-state index contributed by atoms with van der Waals surface area (Å²) in [5, 5.41) is 8.25. The summed E-state index contributed by atoms with van der Waals surface area (Å²) in [5.74, 6) is 0.583. The first kappa shape index (κ1) is 23.8. The molecular weight excluding hydrogens is 499 g/mol. The lowest BCUT2D eigenvalue weighted by Crippen LogP contribution is -2.29. The third kappa shape index (κ3) is 4.49. The third-order valence-electron chi connectivity index (χ3n) is 6.29. The number of halogens is 3. The molecule has 1 aliphatic heterocycles. The van der Waals surface area contributed by atoms with Gasteiger partial charge in [-0.3, -0.25) is 9.48 Å². The van der Waals surface area contributed by atoms with Crippen molar-refractivity contribution in [1.82, 2.24) is 29.1 Å². The summed E-state index contributed by atoms with van der Waals surface area (Å²) in [5.41, 5.74) is 2.02. The van der Waals surface area contributed by atoms with Gasteiger partial charge in [-0.25, -0.2) is 9.67 Å². The lowest BCUT2D eigenvalue weighted by molar-refractivity contribution is -0.142. The number of para-hydroxylation sites is 3. The molecule has 3 aromatic heterocycles. The number of aromatic nitrogens is 6. The fourth-order valence-corrected chi connectivity index (χ4v) is 4.63. The standard InChI is InChI=1S/C26H22F3N7O2/c27-26(28,29)17-34-16-22(24(37)23(32-34)21-10-11-30-36(21)18-6-2-1-3-7-18)38-15-14-33-12-13-35-20-9-5-4-8-19(20)31-25(33)35/h1-11,16H,12-15,17H2. The zero-order chi connectivity index (χ0) is 26.3. The molecular formula is C26H22F3N7O2. The van der Waals surface area contributed by atoms with Crippen molar-refractivity contribution >= 4 is 17.0 Å². The Hall–Kier alpha value is -4.61. The minimum atomic E-state index is -4.54. The lowest BCUT2D eigenvalue weighted by Gasteiger charge is -2.17. The highest BCUT2D eigenvalue weighted by Crippen LogP contribution is 2.27. The van der Waals surface area contributed by atoms with Crippen molar-refractivity contribution in [3.05, 3.63) is 83.3 Å². The Labute approximate surface area is 214 Å². The van der Waals surface area contributed by atoms with Crippen molar-refractivity contribution in [3.8, 4) is 22.8 Å². The van der Waals surface area contributed by atoms with E-state index in [1.165, 1.54) is 16.9 Å². The first-order valence-corrected chi connectivity index (χ1v) is 12.0. The summed E-state index contributed by atoms with van der Waals surface area (Å²) in [6, 6.07) is 18.3. The van der Waals surface area contributed by atoms with E-state index in [0.717, 1.165) is 29.7 Å². The van der Waals surface area contributed by atoms with Crippen LogP contribution >= 0.6 is 0 Å². The molecule has 0 aliphatic carbocycles. The van der Waals surface area contributed by atoms with Crippen LogP contribution in [-0.2, 0) is 13.1 Å². The van der Waals surface area contributed by atoms with Crippen LogP contribution in [0.15, 0.2) is 77.9 Å². The largest absolute Gasteiger partial charge is 0.486 e. The molecule has 6 rings (SSSR count). The molecule has 12 heteroatoms. The predicted molar refractivity (Wildman–Crippen MR) is 135 cm³/mol. The molecule has 0 atom stereocenters. The van der Waals surface area contributed by atoms with Crippen LogP contribution in [0.5, 0.6) is 5.75 Å². The summed E-state index contributed by atoms with van der Waals surface area (Å²) >= 11 is 0. The average molecular weight is 522 g/mol. The van der Waals surface area contributed by atoms with Crippen LogP contribution in [0.4, 0.5) is 19.1 Å². The molecule has 0 radical (unpaired) electrons. The normalized spacial score (nSPS) is 13.3. The van der Waals surface area contributed by atoms with Crippen molar-refractivity contribution in [2.45, 2.75) is 19.3 Å². The van der Waals surface area contributed by atoms with E-state index in [-0.39, 0.29) is 23.7 Å². The van der Waals surface area contributed by atoms with Crippen LogP contribution in [0, 0.1) is 0 Å². The van der Waals surface area contributed by atoms with E-state index in [1.807, 2.05) is 35.2 Å². The number of hydrogen-bond donors (Lipinski definition) is 0. The zero-order valence-electron chi connectivity index (χ0n) is 20.0. The van der Waals surface area contributed by atoms with Gasteiger partial charge >= 0.3 is 6.18 Å². The molecule has 4 heterocycles. The van der Waals surface area contributed by atoms with Gasteiger partial charge in [-0.05, 0) is 30.3 Å². The molecule has 0 fully saturated rings. The second kappa shape index (κ2) is 9.36. The molecule has 0 amide bonds. The maximum Gasteiger partial charge on any atom is 0.408 e. The monoisotopic (exact) mass is 521 g/mol. The molecule has 194 valence electrons. The van der Waals surface area contributed by atoms with Crippen LogP contribution in [-0.4, -0.2) is 55.0 Å². The number of benzene rings is 2. The molecule has 0 unspecified atom stereocenters. The van der Waals surface area contributed by atoms with E-state index in [9.17, 15) is 18.0 Å². The molecule has 38 heavy (non-hydrogen) atoms. The second-order valence-electron chi connectivity index (χ2n) is 8.84. The van der Waals surface area contributed by atoms with Gasteiger partial charge in [0.25, 0.3) is 5.43 Å². The van der Waals surface area contributed by atoms with Gasteiger partial charge in [-0.1, -0.05) is 30.3 Å². The Morgan fingerprint density at radius 3 is 2.58 bits per heavy atom. The van der Waals surface area contributed by atoms with E-state index in [2.05, 4.69) is 19.7 Å². The van der Waals surface area contributed by atoms with E-state index in [1.54, 1.807) is 24.3 Å². The van der Waals surface area contributed by atoms with Crippen molar-refractivity contribution in [2.75, 3.05) is 24.6 Å². The van der Waals surface area contributed by atoms with Gasteiger partial charge < -0.3 is 14.2 Å². The maximum absolute atomic E-state index is 13.4. The molecule has 9 nitrogen and oxygen atoms in total. The summed E-state index contributed by atoms with van der Waals surface area (Å²) in [7, 11) is 0. The van der Waals surface area contributed by atoms with E-state index in [0.29, 0.717) is 23.5 Å². The van der Waals surface area contributed by atoms with E-state index >= 15 is 0 Å². The van der Waals surface area contributed by atoms with Crippen molar-refractivity contribution in [2.24, 2.45) is 0 Å². The number of imidazole rings is 1. The molecule has 5 aromatic rings. The highest BCUT2D eigenvalue weighted by Gasteiger charge is 2.30. The topological polar surface area (TPSA) is 83.0 Å². The average Bonchev–Trinajstić information content (AvgIpc) is 3.61. The molecule has 0 saturated heterocycles. The Morgan fingerprint density at radius 1 is 0.974 bits per heavy atom. The fourth-order valence-electron chi connectivity index (χ4n) is 4.63. The molecule has 1 aliphatic rings. The minimum absolute atomic E-state index is 0.0753. The number of alkyl halides is 3. The number of rotatable bonds is 7. The SMILES string of the molecule is O=c1c(OCCN2CCn3c2nc2ccccc23)cn(CC(F)(F)F)nc1-c1ccnn1-c1ccccc1. The molecule has 0 spiro atoms. The third-order valence-corrected chi connectivity index (χ3v) is 6.29. The first-order valence-electron chi connectivity index (χ1n) is 12.0. The minimum Gasteiger partial charge on any atom is -0.486 e. The van der Waals surface area contributed by atoms with Gasteiger partial charge in [0.1, 0.15) is 13.2 Å². The molecule has 0 N–H and O–H groups in total. The van der Waals surface area contributed by atoms with Crippen LogP contribution in [0.3, 0.4) is 0 Å². The highest BCUT2D eigenvalue weighted by atomic mass is 19.4. The van der Waals surface area contributed by atoms with Crippen LogP contribution in [0.1, 0.15) is 0 Å². The Morgan fingerprint density at radius 2 is 1.76 bits per heavy atom. The van der Waals surface area contributed by atoms with Gasteiger partial charge in [-0.15, -0.1) is 0 Å². The fraction of sp³-hybridized carbons (Fsp3) is 0.231. The quantitative estimate of drug-likeness (QED) is 0.323. The lowest BCUT2D eigenvalue weighted by atomic mass is 10.2. The van der Waals surface area contributed by atoms with Crippen molar-refractivity contribution in [1.29, 1.82) is 0 Å². The van der Waals surface area contributed by atoms with Crippen LogP contribution in [0.25, 0.3) is 28.1 Å². The molecule has 0 bridgehead atoms. The summed E-state index contributed by atoms with van der Waals surface area (Å²) < 4.78 is 49.8. The Kier molecular flexibility index (Phi) is 5.86. The van der Waals surface area contributed by atoms with Gasteiger partial charge in [0.2, 0.25) is 5.95 Å². The Bertz CT molecular complexity index is 1660. The molecule has 2 aromatic carbocycles. The highest BCUT2D eigenvalue weighted by molar-refractivity contribution is 5.79. The first-order chi connectivity index (χ1) is 18.4. The van der Waals surface area contributed by atoms with Gasteiger partial charge in [0.15, 0.2) is 11.4 Å². The van der Waals surface area contributed by atoms with Crippen LogP contribution < -0.4 is 15.1 Å². The summed E-state index contributed by atoms with van der Waals surface area (Å²) in [4.78, 5) is 20.1. The Balaban J connectivity index is 1.29. The van der Waals surface area contributed by atoms with Gasteiger partial charge in [0.05, 0.1) is 41.4 Å². The van der Waals surface area contributed by atoms with Crippen molar-refractivity contribution in [3.63, 3.8) is 0 Å². The van der Waals surface area contributed by atoms with Gasteiger partial charge in [-0.2, -0.15) is 23.4 Å². The number of anilines is 1. The maximum atomic E-state index is 13.4. The smallest absolute Gasteiger partial charge is 0.408 e. The number of nitrogens with zero attached hydrogens (tertiary/aromatic N) is 7. The molecule has 0 saturated carbocycles. The van der Waals surface area contributed by atoms with Gasteiger partial charge in [0, 0.05) is 13.1 Å². The number of ether oxygens (including phenoxy) is 1. The van der Waals surface area contributed by atoms with Crippen molar-refractivity contribution < 1.29 is 17.9 Å². The number of hydrogen-bond acceptors (Lipinski definition) is 6.